The van der Waals surface area contributed by atoms with Crippen LogP contribution in [0.4, 0.5) is 0 Å². The van der Waals surface area contributed by atoms with E-state index in [9.17, 15) is 4.79 Å². The third-order valence-electron chi connectivity index (χ3n) is 6.12. The Hall–Kier alpha value is -1.40. The van der Waals surface area contributed by atoms with Crippen LogP contribution in [0.15, 0.2) is 4.52 Å². The van der Waals surface area contributed by atoms with Gasteiger partial charge in [-0.25, -0.2) is 0 Å². The van der Waals surface area contributed by atoms with Crippen LogP contribution in [0, 0.1) is 13.8 Å². The molecule has 0 aromatic carbocycles. The average molecular weight is 333 g/mol. The Morgan fingerprint density at radius 2 is 2.17 bits per heavy atom. The Kier molecular flexibility index (Phi) is 4.12. The lowest BCUT2D eigenvalue weighted by molar-refractivity contribution is -0.150. The maximum atomic E-state index is 12.7. The second-order valence-corrected chi connectivity index (χ2v) is 7.56. The molecule has 0 unspecified atom stereocenters. The second kappa shape index (κ2) is 6.15. The highest BCUT2D eigenvalue weighted by Gasteiger charge is 2.48. The van der Waals surface area contributed by atoms with Crippen LogP contribution >= 0.6 is 0 Å². The lowest BCUT2D eigenvalue weighted by Gasteiger charge is -2.57. The van der Waals surface area contributed by atoms with E-state index in [0.29, 0.717) is 0 Å². The van der Waals surface area contributed by atoms with Crippen LogP contribution < -0.4 is 0 Å². The largest absolute Gasteiger partial charge is 0.368 e. The summed E-state index contributed by atoms with van der Waals surface area (Å²) in [6, 6.07) is 0. The number of carbonyl (C=O) groups excluding carboxylic acids is 1. The van der Waals surface area contributed by atoms with Gasteiger partial charge in [0, 0.05) is 43.9 Å². The molecule has 1 aromatic rings. The number of hydrogen-bond donors (Lipinski definition) is 0. The fourth-order valence-corrected chi connectivity index (χ4v) is 4.49. The molecule has 2 atom stereocenters. The van der Waals surface area contributed by atoms with E-state index in [4.69, 9.17) is 9.26 Å². The average Bonchev–Trinajstić information content (AvgIpc) is 3.22. The van der Waals surface area contributed by atoms with Crippen molar-refractivity contribution in [1.82, 2.24) is 15.0 Å². The molecule has 6 heteroatoms. The fraction of sp³-hybridized carbons (Fsp3) is 0.778. The van der Waals surface area contributed by atoms with E-state index < -0.39 is 0 Å². The molecule has 1 amide bonds. The SMILES string of the molecule is Cc1noc(C)c1CN1CC[C@@]12CCCN(C(=O)[C@H]1CCCO1)C2. The topological polar surface area (TPSA) is 58.8 Å². The molecule has 4 rings (SSSR count). The summed E-state index contributed by atoms with van der Waals surface area (Å²) in [5, 5.41) is 4.07. The number of ether oxygens (including phenoxy) is 1. The molecule has 0 bridgehead atoms. The van der Waals surface area contributed by atoms with Gasteiger partial charge >= 0.3 is 0 Å². The molecule has 3 fully saturated rings. The number of rotatable bonds is 3. The fourth-order valence-electron chi connectivity index (χ4n) is 4.49. The molecule has 3 aliphatic heterocycles. The smallest absolute Gasteiger partial charge is 0.251 e. The monoisotopic (exact) mass is 333 g/mol. The first-order valence-electron chi connectivity index (χ1n) is 9.16. The molecule has 1 aromatic heterocycles. The number of likely N-dealkylation sites (tertiary alicyclic amines) is 2. The Morgan fingerprint density at radius 3 is 2.79 bits per heavy atom. The van der Waals surface area contributed by atoms with Gasteiger partial charge < -0.3 is 14.2 Å². The first kappa shape index (κ1) is 16.1. The normalized spacial score (nSPS) is 30.8. The van der Waals surface area contributed by atoms with Gasteiger partial charge in [-0.05, 0) is 46.0 Å². The highest BCUT2D eigenvalue weighted by molar-refractivity contribution is 5.81. The number of amides is 1. The van der Waals surface area contributed by atoms with Crippen LogP contribution in [0.25, 0.3) is 0 Å². The number of carbonyl (C=O) groups is 1. The van der Waals surface area contributed by atoms with Crippen LogP contribution in [0.1, 0.15) is 49.1 Å². The van der Waals surface area contributed by atoms with Crippen molar-refractivity contribution in [2.75, 3.05) is 26.2 Å². The van der Waals surface area contributed by atoms with Crippen LogP contribution in [0.3, 0.4) is 0 Å². The van der Waals surface area contributed by atoms with Crippen molar-refractivity contribution in [3.63, 3.8) is 0 Å². The van der Waals surface area contributed by atoms with Gasteiger partial charge in [0.25, 0.3) is 5.91 Å². The molecule has 0 saturated carbocycles. The van der Waals surface area contributed by atoms with Crippen molar-refractivity contribution in [3.05, 3.63) is 17.0 Å². The predicted molar refractivity (Wildman–Crippen MR) is 88.5 cm³/mol. The summed E-state index contributed by atoms with van der Waals surface area (Å²) in [7, 11) is 0. The molecule has 3 saturated heterocycles. The van der Waals surface area contributed by atoms with E-state index in [0.717, 1.165) is 63.5 Å². The van der Waals surface area contributed by atoms with Gasteiger partial charge in [-0.2, -0.15) is 0 Å². The van der Waals surface area contributed by atoms with Gasteiger partial charge in [0.15, 0.2) is 0 Å². The van der Waals surface area contributed by atoms with Gasteiger partial charge in [0.2, 0.25) is 0 Å². The van der Waals surface area contributed by atoms with Gasteiger partial charge in [-0.1, -0.05) is 5.16 Å². The molecular weight excluding hydrogens is 306 g/mol. The molecule has 24 heavy (non-hydrogen) atoms. The highest BCUT2D eigenvalue weighted by Crippen LogP contribution is 2.40. The summed E-state index contributed by atoms with van der Waals surface area (Å²) in [6.07, 6.45) is 5.11. The zero-order chi connectivity index (χ0) is 16.7. The third kappa shape index (κ3) is 2.65. The van der Waals surface area contributed by atoms with Gasteiger partial charge in [0.05, 0.1) is 5.69 Å². The summed E-state index contributed by atoms with van der Waals surface area (Å²) >= 11 is 0. The maximum Gasteiger partial charge on any atom is 0.251 e. The van der Waals surface area contributed by atoms with Crippen LogP contribution in [-0.2, 0) is 16.1 Å². The summed E-state index contributed by atoms with van der Waals surface area (Å²) in [5.41, 5.74) is 2.33. The van der Waals surface area contributed by atoms with E-state index in [2.05, 4.69) is 15.0 Å². The molecular formula is C18H27N3O3. The van der Waals surface area contributed by atoms with Crippen LogP contribution in [0.5, 0.6) is 0 Å². The highest BCUT2D eigenvalue weighted by atomic mass is 16.5. The number of piperidine rings is 1. The molecule has 0 radical (unpaired) electrons. The first-order chi connectivity index (χ1) is 11.6. The van der Waals surface area contributed by atoms with E-state index >= 15 is 0 Å². The molecule has 0 N–H and O–H groups in total. The molecule has 4 heterocycles. The Balaban J connectivity index is 1.45. The minimum Gasteiger partial charge on any atom is -0.368 e. The lowest BCUT2D eigenvalue weighted by atomic mass is 9.77. The van der Waals surface area contributed by atoms with Crippen molar-refractivity contribution >= 4 is 5.91 Å². The van der Waals surface area contributed by atoms with E-state index in [1.54, 1.807) is 0 Å². The molecule has 6 nitrogen and oxygen atoms in total. The zero-order valence-corrected chi connectivity index (χ0v) is 14.7. The van der Waals surface area contributed by atoms with Crippen molar-refractivity contribution in [2.24, 2.45) is 0 Å². The first-order valence-corrected chi connectivity index (χ1v) is 9.16. The number of aryl methyl sites for hydroxylation is 2. The molecule has 3 aliphatic rings. The van der Waals surface area contributed by atoms with Crippen molar-refractivity contribution in [3.8, 4) is 0 Å². The minimum absolute atomic E-state index is 0.142. The molecule has 132 valence electrons. The van der Waals surface area contributed by atoms with E-state index in [1.807, 2.05) is 13.8 Å². The zero-order valence-electron chi connectivity index (χ0n) is 14.7. The van der Waals surface area contributed by atoms with Crippen molar-refractivity contribution < 1.29 is 14.1 Å². The van der Waals surface area contributed by atoms with Gasteiger partial charge in [-0.3, -0.25) is 9.69 Å². The summed E-state index contributed by atoms with van der Waals surface area (Å²) < 4.78 is 10.9. The molecule has 0 aliphatic carbocycles. The quantitative estimate of drug-likeness (QED) is 0.847. The molecule has 1 spiro atoms. The Morgan fingerprint density at radius 1 is 1.29 bits per heavy atom. The van der Waals surface area contributed by atoms with Crippen LogP contribution in [0.2, 0.25) is 0 Å². The second-order valence-electron chi connectivity index (χ2n) is 7.56. The third-order valence-corrected chi connectivity index (χ3v) is 6.12. The Bertz CT molecular complexity index is 604. The van der Waals surface area contributed by atoms with Crippen molar-refractivity contribution in [1.29, 1.82) is 0 Å². The lowest BCUT2D eigenvalue weighted by Crippen LogP contribution is -2.67. The predicted octanol–water partition coefficient (Wildman–Crippen LogP) is 2.04. The van der Waals surface area contributed by atoms with E-state index in [-0.39, 0.29) is 17.6 Å². The maximum absolute atomic E-state index is 12.7. The number of aromatic nitrogens is 1. The summed E-state index contributed by atoms with van der Waals surface area (Å²) in [5.74, 6) is 1.12. The Labute approximate surface area is 143 Å². The number of nitrogens with zero attached hydrogens (tertiary/aromatic N) is 3. The minimum atomic E-state index is -0.198. The number of hydrogen-bond acceptors (Lipinski definition) is 5. The van der Waals surface area contributed by atoms with Crippen molar-refractivity contribution in [2.45, 2.75) is 64.1 Å². The summed E-state index contributed by atoms with van der Waals surface area (Å²) in [6.45, 7) is 8.40. The van der Waals surface area contributed by atoms with Gasteiger partial charge in [0.1, 0.15) is 11.9 Å². The van der Waals surface area contributed by atoms with Gasteiger partial charge in [-0.15, -0.1) is 0 Å². The summed E-state index contributed by atoms with van der Waals surface area (Å²) in [4.78, 5) is 17.3. The van der Waals surface area contributed by atoms with Crippen LogP contribution in [-0.4, -0.2) is 58.7 Å². The van der Waals surface area contributed by atoms with E-state index in [1.165, 1.54) is 18.4 Å². The standard InChI is InChI=1S/C18H27N3O3/c1-13-15(14(2)24-19-13)11-21-9-7-18(21)6-4-8-20(12-18)17(22)16-5-3-10-23-16/h16H,3-12H2,1-2H3/t16-,18-/m1/s1.